The molecule has 0 spiro atoms. The Balaban J connectivity index is 0.00000261. The predicted octanol–water partition coefficient (Wildman–Crippen LogP) is 3.03. The van der Waals surface area contributed by atoms with Crippen LogP contribution in [0.4, 0.5) is 0 Å². The van der Waals surface area contributed by atoms with E-state index in [2.05, 4.69) is 64.4 Å². The molecular weight excluding hydrogens is 451 g/mol. The van der Waals surface area contributed by atoms with Gasteiger partial charge in [-0.15, -0.1) is 24.0 Å². The van der Waals surface area contributed by atoms with E-state index < -0.39 is 0 Å². The van der Waals surface area contributed by atoms with Crippen LogP contribution in [-0.2, 0) is 4.74 Å². The Labute approximate surface area is 181 Å². The Morgan fingerprint density at radius 3 is 2.67 bits per heavy atom. The number of benzene rings is 1. The van der Waals surface area contributed by atoms with Crippen molar-refractivity contribution < 1.29 is 4.74 Å². The minimum atomic E-state index is 0. The molecule has 2 aliphatic rings. The molecule has 152 valence electrons. The summed E-state index contributed by atoms with van der Waals surface area (Å²) in [5, 5.41) is 3.55. The summed E-state index contributed by atoms with van der Waals surface area (Å²) in [6.07, 6.45) is 2.63. The average molecular weight is 486 g/mol. The lowest BCUT2D eigenvalue weighted by atomic mass is 9.79. The number of guanidine groups is 1. The molecule has 0 aliphatic carbocycles. The van der Waals surface area contributed by atoms with Crippen molar-refractivity contribution in [3.05, 3.63) is 35.9 Å². The third-order valence-corrected chi connectivity index (χ3v) is 5.83. The summed E-state index contributed by atoms with van der Waals surface area (Å²) in [5.41, 5.74) is 1.49. The Morgan fingerprint density at radius 1 is 1.22 bits per heavy atom. The van der Waals surface area contributed by atoms with E-state index >= 15 is 0 Å². The zero-order valence-corrected chi connectivity index (χ0v) is 19.3. The molecule has 6 heteroatoms. The van der Waals surface area contributed by atoms with Crippen LogP contribution in [0.1, 0.15) is 31.2 Å². The van der Waals surface area contributed by atoms with Crippen molar-refractivity contribution in [3.63, 3.8) is 0 Å². The van der Waals surface area contributed by atoms with Gasteiger partial charge in [0.1, 0.15) is 0 Å². The van der Waals surface area contributed by atoms with Gasteiger partial charge >= 0.3 is 0 Å². The molecule has 3 unspecified atom stereocenters. The number of aliphatic imine (C=N–C) groups is 1. The van der Waals surface area contributed by atoms with Gasteiger partial charge in [0.25, 0.3) is 0 Å². The highest BCUT2D eigenvalue weighted by Gasteiger charge is 2.30. The zero-order valence-electron chi connectivity index (χ0n) is 16.9. The summed E-state index contributed by atoms with van der Waals surface area (Å²) in [5.74, 6) is 2.35. The van der Waals surface area contributed by atoms with E-state index in [1.807, 2.05) is 7.05 Å². The summed E-state index contributed by atoms with van der Waals surface area (Å²) in [7, 11) is 4.05. The number of nitrogens with zero attached hydrogens (tertiary/aromatic N) is 3. The number of piperidine rings is 1. The minimum Gasteiger partial charge on any atom is -0.374 e. The number of rotatable bonds is 4. The number of ether oxygens (including phenoxy) is 1. The van der Waals surface area contributed by atoms with Crippen LogP contribution in [0.2, 0.25) is 0 Å². The number of likely N-dealkylation sites (N-methyl/N-ethyl adjacent to an activating group) is 1. The van der Waals surface area contributed by atoms with E-state index in [4.69, 9.17) is 4.74 Å². The van der Waals surface area contributed by atoms with E-state index in [0.29, 0.717) is 11.8 Å². The van der Waals surface area contributed by atoms with Gasteiger partial charge in [-0.3, -0.25) is 4.99 Å². The number of morpholine rings is 1. The topological polar surface area (TPSA) is 40.1 Å². The van der Waals surface area contributed by atoms with Gasteiger partial charge in [0.2, 0.25) is 0 Å². The molecule has 5 nitrogen and oxygen atoms in total. The smallest absolute Gasteiger partial charge is 0.193 e. The average Bonchev–Trinajstić information content (AvgIpc) is 2.69. The van der Waals surface area contributed by atoms with Gasteiger partial charge in [-0.05, 0) is 30.9 Å². The van der Waals surface area contributed by atoms with Gasteiger partial charge in [0.15, 0.2) is 5.96 Å². The van der Waals surface area contributed by atoms with Gasteiger partial charge < -0.3 is 19.9 Å². The summed E-state index contributed by atoms with van der Waals surface area (Å²) in [6, 6.07) is 11.0. The predicted molar refractivity (Wildman–Crippen MR) is 123 cm³/mol. The Hall–Kier alpha value is -0.860. The second-order valence-electron chi connectivity index (χ2n) is 7.60. The molecule has 1 aromatic carbocycles. The van der Waals surface area contributed by atoms with Gasteiger partial charge in [-0.1, -0.05) is 43.7 Å². The number of hydrogen-bond donors (Lipinski definition) is 1. The molecule has 3 rings (SSSR count). The lowest BCUT2D eigenvalue weighted by Gasteiger charge is -2.40. The fraction of sp³-hybridized carbons (Fsp3) is 0.667. The van der Waals surface area contributed by atoms with Crippen LogP contribution in [-0.4, -0.2) is 75.3 Å². The lowest BCUT2D eigenvalue weighted by molar-refractivity contribution is -0.0164. The molecule has 0 bridgehead atoms. The summed E-state index contributed by atoms with van der Waals surface area (Å²) >= 11 is 0. The fourth-order valence-electron chi connectivity index (χ4n) is 4.30. The number of halogens is 1. The normalized spacial score (nSPS) is 27.1. The van der Waals surface area contributed by atoms with E-state index in [1.165, 1.54) is 18.4 Å². The highest BCUT2D eigenvalue weighted by Crippen LogP contribution is 2.34. The van der Waals surface area contributed by atoms with E-state index in [0.717, 1.165) is 45.3 Å². The van der Waals surface area contributed by atoms with Crippen LogP contribution < -0.4 is 5.32 Å². The minimum absolute atomic E-state index is 0. The molecule has 1 N–H and O–H groups in total. The number of hydrogen-bond acceptors (Lipinski definition) is 3. The third-order valence-electron chi connectivity index (χ3n) is 5.83. The highest BCUT2D eigenvalue weighted by molar-refractivity contribution is 14.0. The first kappa shape index (κ1) is 22.4. The zero-order chi connectivity index (χ0) is 18.4. The highest BCUT2D eigenvalue weighted by atomic mass is 127. The van der Waals surface area contributed by atoms with Crippen LogP contribution in [0.15, 0.2) is 35.3 Å². The molecule has 2 aliphatic heterocycles. The molecule has 27 heavy (non-hydrogen) atoms. The van der Waals surface area contributed by atoms with Gasteiger partial charge in [0.05, 0.1) is 12.7 Å². The van der Waals surface area contributed by atoms with Crippen molar-refractivity contribution in [1.29, 1.82) is 0 Å². The first-order chi connectivity index (χ1) is 12.7. The standard InChI is InChI=1S/C21H34N4O.HI/c1-4-17-15-25(11-10-20(17)18-8-6-5-7-9-18)21(22-2)23-14-19-16-24(3)12-13-26-19;/h5-9,17,19-20H,4,10-16H2,1-3H3,(H,22,23);1H. The molecule has 1 aromatic rings. The Bertz CT molecular complexity index is 583. The number of likely N-dealkylation sites (tertiary alicyclic amines) is 1. The van der Waals surface area contributed by atoms with E-state index in [-0.39, 0.29) is 30.1 Å². The second-order valence-corrected chi connectivity index (χ2v) is 7.60. The SMILES string of the molecule is CCC1CN(C(=NC)NCC2CN(C)CCO2)CCC1c1ccccc1.I. The van der Waals surface area contributed by atoms with Gasteiger partial charge in [-0.2, -0.15) is 0 Å². The van der Waals surface area contributed by atoms with Gasteiger partial charge in [0, 0.05) is 39.8 Å². The van der Waals surface area contributed by atoms with Crippen molar-refractivity contribution >= 4 is 29.9 Å². The Kier molecular flexibility index (Phi) is 9.32. The first-order valence-corrected chi connectivity index (χ1v) is 10.0. The van der Waals surface area contributed by atoms with Crippen molar-refractivity contribution in [2.75, 3.05) is 53.4 Å². The van der Waals surface area contributed by atoms with E-state index in [1.54, 1.807) is 0 Å². The van der Waals surface area contributed by atoms with Crippen molar-refractivity contribution in [2.45, 2.75) is 31.8 Å². The third kappa shape index (κ3) is 6.06. The maximum atomic E-state index is 5.87. The summed E-state index contributed by atoms with van der Waals surface area (Å²) in [6.45, 7) is 8.09. The van der Waals surface area contributed by atoms with Crippen molar-refractivity contribution in [2.24, 2.45) is 10.9 Å². The van der Waals surface area contributed by atoms with Crippen LogP contribution in [0, 0.1) is 5.92 Å². The molecule has 0 aromatic heterocycles. The van der Waals surface area contributed by atoms with Crippen molar-refractivity contribution in [1.82, 2.24) is 15.1 Å². The lowest BCUT2D eigenvalue weighted by Crippen LogP contribution is -2.52. The van der Waals surface area contributed by atoms with Gasteiger partial charge in [-0.25, -0.2) is 0 Å². The number of nitrogens with one attached hydrogen (secondary N) is 1. The molecule has 2 saturated heterocycles. The van der Waals surface area contributed by atoms with Crippen molar-refractivity contribution in [3.8, 4) is 0 Å². The fourth-order valence-corrected chi connectivity index (χ4v) is 4.30. The maximum absolute atomic E-state index is 5.87. The summed E-state index contributed by atoms with van der Waals surface area (Å²) in [4.78, 5) is 9.31. The monoisotopic (exact) mass is 486 g/mol. The summed E-state index contributed by atoms with van der Waals surface area (Å²) < 4.78 is 5.87. The molecular formula is C21H35IN4O. The molecule has 0 radical (unpaired) electrons. The molecule has 3 atom stereocenters. The van der Waals surface area contributed by atoms with Crippen LogP contribution in [0.5, 0.6) is 0 Å². The quantitative estimate of drug-likeness (QED) is 0.404. The molecule has 2 fully saturated rings. The van der Waals surface area contributed by atoms with Crippen LogP contribution in [0.25, 0.3) is 0 Å². The molecule has 0 saturated carbocycles. The molecule has 2 heterocycles. The largest absolute Gasteiger partial charge is 0.374 e. The van der Waals surface area contributed by atoms with Crippen LogP contribution >= 0.6 is 24.0 Å². The first-order valence-electron chi connectivity index (χ1n) is 10.0. The molecule has 0 amide bonds. The maximum Gasteiger partial charge on any atom is 0.193 e. The van der Waals surface area contributed by atoms with Crippen LogP contribution in [0.3, 0.4) is 0 Å². The Morgan fingerprint density at radius 2 is 2.00 bits per heavy atom. The second kappa shape index (κ2) is 11.2. The van der Waals surface area contributed by atoms with E-state index in [9.17, 15) is 0 Å².